The van der Waals surface area contributed by atoms with Gasteiger partial charge in [-0.3, -0.25) is 4.79 Å². The summed E-state index contributed by atoms with van der Waals surface area (Å²) >= 11 is 0. The van der Waals surface area contributed by atoms with Crippen LogP contribution < -0.4 is 10.2 Å². The number of carbonyl (C=O) groups excluding carboxylic acids is 1. The van der Waals surface area contributed by atoms with Crippen molar-refractivity contribution in [3.05, 3.63) is 11.9 Å². The molecular weight excluding hydrogens is 306 g/mol. The van der Waals surface area contributed by atoms with Gasteiger partial charge in [0.25, 0.3) is 0 Å². The van der Waals surface area contributed by atoms with Gasteiger partial charge in [0.05, 0.1) is 31.7 Å². The zero-order chi connectivity index (χ0) is 17.5. The number of piperidine rings is 3. The fourth-order valence-corrected chi connectivity index (χ4v) is 4.10. The number of rotatable bonds is 5. The van der Waals surface area contributed by atoms with Crippen LogP contribution >= 0.6 is 0 Å². The average Bonchev–Trinajstić information content (AvgIpc) is 2.96. The Labute approximate surface area is 143 Å². The van der Waals surface area contributed by atoms with Crippen LogP contribution in [0, 0.1) is 11.8 Å². The third kappa shape index (κ3) is 3.62. The monoisotopic (exact) mass is 336 g/mol. The van der Waals surface area contributed by atoms with Gasteiger partial charge in [0, 0.05) is 18.9 Å². The number of carbonyl (C=O) groups is 1. The second-order valence-corrected chi connectivity index (χ2v) is 8.25. The minimum atomic E-state index is -0.961. The fourth-order valence-electron chi connectivity index (χ4n) is 4.10. The summed E-state index contributed by atoms with van der Waals surface area (Å²) < 4.78 is 1.84. The van der Waals surface area contributed by atoms with Crippen molar-refractivity contribution in [2.24, 2.45) is 11.8 Å². The molecule has 0 saturated carbocycles. The number of aromatic nitrogens is 3. The summed E-state index contributed by atoms with van der Waals surface area (Å²) in [5, 5.41) is 21.3. The number of amides is 1. The normalized spacial score (nSPS) is 29.9. The molecule has 7 nitrogen and oxygen atoms in total. The highest BCUT2D eigenvalue weighted by atomic mass is 16.3. The van der Waals surface area contributed by atoms with Crippen molar-refractivity contribution in [1.29, 1.82) is 0 Å². The van der Waals surface area contributed by atoms with Gasteiger partial charge >= 0.3 is 0 Å². The van der Waals surface area contributed by atoms with Crippen LogP contribution in [0.5, 0.6) is 0 Å². The molecule has 0 aromatic carbocycles. The predicted octanol–water partition coefficient (Wildman–Crippen LogP) is -0.677. The minimum absolute atomic E-state index is 0.148. The van der Waals surface area contributed by atoms with Crippen LogP contribution in [0.3, 0.4) is 0 Å². The molecule has 24 heavy (non-hydrogen) atoms. The molecule has 134 valence electrons. The van der Waals surface area contributed by atoms with E-state index >= 15 is 0 Å². The summed E-state index contributed by atoms with van der Waals surface area (Å²) in [4.78, 5) is 13.9. The van der Waals surface area contributed by atoms with Gasteiger partial charge < -0.3 is 15.3 Å². The lowest BCUT2D eigenvalue weighted by Crippen LogP contribution is -3.20. The van der Waals surface area contributed by atoms with Crippen LogP contribution in [-0.2, 0) is 16.9 Å². The van der Waals surface area contributed by atoms with E-state index in [4.69, 9.17) is 0 Å². The van der Waals surface area contributed by atoms with Gasteiger partial charge in [-0.2, -0.15) is 0 Å². The van der Waals surface area contributed by atoms with E-state index in [0.717, 1.165) is 32.5 Å². The van der Waals surface area contributed by atoms with Crippen LogP contribution in [0.4, 0.5) is 0 Å². The van der Waals surface area contributed by atoms with Crippen LogP contribution in [0.25, 0.3) is 0 Å². The molecule has 3 aliphatic rings. The van der Waals surface area contributed by atoms with E-state index in [-0.39, 0.29) is 17.9 Å². The SMILES string of the molecule is CC(C)NC(=O)[C@H]1C[NH+]2CC[C@H]1C[C@@H]2Cn1cc(C(C)(C)O)nn1. The lowest BCUT2D eigenvalue weighted by molar-refractivity contribution is -0.945. The Balaban J connectivity index is 1.62. The van der Waals surface area contributed by atoms with Crippen molar-refractivity contribution in [3.8, 4) is 0 Å². The van der Waals surface area contributed by atoms with Crippen molar-refractivity contribution < 1.29 is 14.8 Å². The van der Waals surface area contributed by atoms with Crippen molar-refractivity contribution in [1.82, 2.24) is 20.3 Å². The molecule has 1 aromatic heterocycles. The molecule has 1 aromatic rings. The Morgan fingerprint density at radius 3 is 2.83 bits per heavy atom. The molecule has 4 heterocycles. The number of quaternary nitrogens is 1. The number of hydrogen-bond acceptors (Lipinski definition) is 4. The molecule has 3 N–H and O–H groups in total. The number of hydrogen-bond donors (Lipinski definition) is 3. The summed E-state index contributed by atoms with van der Waals surface area (Å²) in [5.74, 6) is 0.842. The molecule has 0 spiro atoms. The second-order valence-electron chi connectivity index (χ2n) is 8.25. The molecule has 3 aliphatic heterocycles. The quantitative estimate of drug-likeness (QED) is 0.665. The first kappa shape index (κ1) is 17.4. The minimum Gasteiger partial charge on any atom is -0.384 e. The predicted molar refractivity (Wildman–Crippen MR) is 89.2 cm³/mol. The second kappa shape index (κ2) is 6.44. The van der Waals surface area contributed by atoms with Crippen molar-refractivity contribution in [2.75, 3.05) is 13.1 Å². The summed E-state index contributed by atoms with van der Waals surface area (Å²) in [5.41, 5.74) is -0.362. The lowest BCUT2D eigenvalue weighted by Gasteiger charge is -2.46. The van der Waals surface area contributed by atoms with Crippen LogP contribution in [0.2, 0.25) is 0 Å². The number of nitrogens with one attached hydrogen (secondary N) is 2. The number of nitrogens with zero attached hydrogens (tertiary/aromatic N) is 3. The summed E-state index contributed by atoms with van der Waals surface area (Å²) in [6.07, 6.45) is 4.03. The topological polar surface area (TPSA) is 84.5 Å². The highest BCUT2D eigenvalue weighted by Gasteiger charge is 2.46. The van der Waals surface area contributed by atoms with E-state index in [2.05, 4.69) is 15.6 Å². The molecule has 0 aliphatic carbocycles. The van der Waals surface area contributed by atoms with E-state index < -0.39 is 5.60 Å². The van der Waals surface area contributed by atoms with Gasteiger partial charge in [-0.05, 0) is 33.6 Å². The molecule has 3 saturated heterocycles. The van der Waals surface area contributed by atoms with Gasteiger partial charge in [-0.15, -0.1) is 5.10 Å². The highest BCUT2D eigenvalue weighted by molar-refractivity contribution is 5.79. The maximum atomic E-state index is 12.4. The highest BCUT2D eigenvalue weighted by Crippen LogP contribution is 2.28. The van der Waals surface area contributed by atoms with Gasteiger partial charge in [-0.1, -0.05) is 5.21 Å². The molecule has 1 unspecified atom stereocenters. The van der Waals surface area contributed by atoms with Crippen LogP contribution in [0.15, 0.2) is 6.20 Å². The third-order valence-corrected chi connectivity index (χ3v) is 5.39. The lowest BCUT2D eigenvalue weighted by atomic mass is 9.75. The van der Waals surface area contributed by atoms with E-state index in [1.807, 2.05) is 24.7 Å². The standard InChI is InChI=1S/C17H29N5O2/c1-11(2)18-16(23)14-9-21-6-5-12(14)7-13(21)8-22-10-15(19-20-22)17(3,4)24/h10-14,24H,5-9H2,1-4H3,(H,18,23)/p+1/t12-,13+,14-/m0/s1. The molecule has 4 atom stereocenters. The number of fused-ring (bicyclic) bond motifs is 3. The average molecular weight is 336 g/mol. The Morgan fingerprint density at radius 2 is 2.29 bits per heavy atom. The maximum absolute atomic E-state index is 12.4. The summed E-state index contributed by atoms with van der Waals surface area (Å²) in [6.45, 7) is 10.3. The van der Waals surface area contributed by atoms with Gasteiger partial charge in [0.1, 0.15) is 17.3 Å². The smallest absolute Gasteiger partial charge is 0.229 e. The van der Waals surface area contributed by atoms with Crippen LogP contribution in [-0.4, -0.2) is 51.2 Å². The molecule has 7 heteroatoms. The largest absolute Gasteiger partial charge is 0.384 e. The summed E-state index contributed by atoms with van der Waals surface area (Å²) in [6, 6.07) is 0.678. The first-order chi connectivity index (χ1) is 11.2. The van der Waals surface area contributed by atoms with E-state index in [1.165, 1.54) is 4.90 Å². The summed E-state index contributed by atoms with van der Waals surface area (Å²) in [7, 11) is 0. The molecule has 2 bridgehead atoms. The van der Waals surface area contributed by atoms with Gasteiger partial charge in [-0.25, -0.2) is 4.68 Å². The van der Waals surface area contributed by atoms with Gasteiger partial charge in [0.2, 0.25) is 5.91 Å². The van der Waals surface area contributed by atoms with Crippen LogP contribution in [0.1, 0.15) is 46.2 Å². The first-order valence-electron chi connectivity index (χ1n) is 9.02. The maximum Gasteiger partial charge on any atom is 0.229 e. The molecule has 3 fully saturated rings. The Hall–Kier alpha value is -1.47. The zero-order valence-electron chi connectivity index (χ0n) is 15.1. The fraction of sp³-hybridized carbons (Fsp3) is 0.824. The third-order valence-electron chi connectivity index (χ3n) is 5.39. The van der Waals surface area contributed by atoms with Crippen molar-refractivity contribution in [3.63, 3.8) is 0 Å². The Kier molecular flexibility index (Phi) is 4.66. The molecule has 0 radical (unpaired) electrons. The molecular formula is C17H30N5O2+. The first-order valence-corrected chi connectivity index (χ1v) is 9.02. The van der Waals surface area contributed by atoms with Gasteiger partial charge in [0.15, 0.2) is 0 Å². The number of aliphatic hydroxyl groups is 1. The van der Waals surface area contributed by atoms with E-state index in [1.54, 1.807) is 13.8 Å². The van der Waals surface area contributed by atoms with E-state index in [9.17, 15) is 9.90 Å². The zero-order valence-corrected chi connectivity index (χ0v) is 15.1. The van der Waals surface area contributed by atoms with E-state index in [0.29, 0.717) is 17.7 Å². The molecule has 1 amide bonds. The van der Waals surface area contributed by atoms with Crippen molar-refractivity contribution in [2.45, 2.75) is 64.8 Å². The molecule has 4 rings (SSSR count). The Bertz CT molecular complexity index is 592. The van der Waals surface area contributed by atoms with Crippen molar-refractivity contribution >= 4 is 5.91 Å². The Morgan fingerprint density at radius 1 is 1.54 bits per heavy atom.